The Bertz CT molecular complexity index is 971. The SMILES string of the molecule is CCNCc1cc(Oc2ccc3ccccc3c2)ccc1N1CCOC1=O. The summed E-state index contributed by atoms with van der Waals surface area (Å²) in [5, 5.41) is 5.64. The molecule has 138 valence electrons. The van der Waals surface area contributed by atoms with Gasteiger partial charge in [-0.2, -0.15) is 0 Å². The van der Waals surface area contributed by atoms with E-state index in [-0.39, 0.29) is 6.09 Å². The summed E-state index contributed by atoms with van der Waals surface area (Å²) in [6.45, 7) is 4.56. The Kier molecular flexibility index (Phi) is 4.94. The molecule has 1 N–H and O–H groups in total. The van der Waals surface area contributed by atoms with E-state index in [9.17, 15) is 4.79 Å². The van der Waals surface area contributed by atoms with Crippen LogP contribution in [-0.2, 0) is 11.3 Å². The number of anilines is 1. The summed E-state index contributed by atoms with van der Waals surface area (Å²) in [4.78, 5) is 13.6. The summed E-state index contributed by atoms with van der Waals surface area (Å²) >= 11 is 0. The first kappa shape index (κ1) is 17.4. The summed E-state index contributed by atoms with van der Waals surface area (Å²) < 4.78 is 11.2. The number of carbonyl (C=O) groups is 1. The number of fused-ring (bicyclic) bond motifs is 1. The van der Waals surface area contributed by atoms with Gasteiger partial charge in [0.2, 0.25) is 0 Å². The van der Waals surface area contributed by atoms with Gasteiger partial charge in [0.25, 0.3) is 0 Å². The zero-order valence-electron chi connectivity index (χ0n) is 15.3. The van der Waals surface area contributed by atoms with Crippen LogP contribution in [-0.4, -0.2) is 25.8 Å². The van der Waals surface area contributed by atoms with E-state index in [1.165, 1.54) is 5.39 Å². The summed E-state index contributed by atoms with van der Waals surface area (Å²) in [6, 6.07) is 20.1. The molecule has 3 aromatic rings. The summed E-state index contributed by atoms with van der Waals surface area (Å²) in [5.74, 6) is 1.53. The van der Waals surface area contributed by atoms with Crippen molar-refractivity contribution in [2.75, 3.05) is 24.6 Å². The van der Waals surface area contributed by atoms with Crippen molar-refractivity contribution < 1.29 is 14.3 Å². The minimum atomic E-state index is -0.295. The number of nitrogens with one attached hydrogen (secondary N) is 1. The van der Waals surface area contributed by atoms with E-state index in [0.29, 0.717) is 19.7 Å². The normalized spacial score (nSPS) is 13.8. The summed E-state index contributed by atoms with van der Waals surface area (Å²) in [5.41, 5.74) is 1.87. The van der Waals surface area contributed by atoms with Crippen LogP contribution in [0.15, 0.2) is 60.7 Å². The zero-order chi connectivity index (χ0) is 18.6. The second-order valence-electron chi connectivity index (χ2n) is 6.45. The third-order valence-electron chi connectivity index (χ3n) is 4.62. The molecule has 0 aliphatic carbocycles. The molecule has 27 heavy (non-hydrogen) atoms. The van der Waals surface area contributed by atoms with Gasteiger partial charge in [-0.1, -0.05) is 37.3 Å². The lowest BCUT2D eigenvalue weighted by molar-refractivity contribution is 0.181. The molecule has 0 atom stereocenters. The van der Waals surface area contributed by atoms with Crippen LogP contribution in [0.4, 0.5) is 10.5 Å². The van der Waals surface area contributed by atoms with Gasteiger partial charge in [-0.05, 0) is 53.2 Å². The molecule has 1 aliphatic heterocycles. The molecule has 1 aliphatic rings. The number of hydrogen-bond acceptors (Lipinski definition) is 4. The van der Waals surface area contributed by atoms with E-state index in [2.05, 4.69) is 30.4 Å². The first-order valence-electron chi connectivity index (χ1n) is 9.19. The van der Waals surface area contributed by atoms with E-state index in [1.54, 1.807) is 4.90 Å². The Morgan fingerprint density at radius 1 is 1.04 bits per heavy atom. The van der Waals surface area contributed by atoms with Crippen LogP contribution in [0, 0.1) is 0 Å². The van der Waals surface area contributed by atoms with Crippen molar-refractivity contribution in [1.29, 1.82) is 0 Å². The standard InChI is InChI=1S/C22H22N2O3/c1-2-23-15-18-14-20(9-10-21(18)24-11-12-26-22(24)25)27-19-8-7-16-5-3-4-6-17(16)13-19/h3-10,13-14,23H,2,11-12,15H2,1H3. The Morgan fingerprint density at radius 2 is 1.81 bits per heavy atom. The lowest BCUT2D eigenvalue weighted by Gasteiger charge is -2.19. The molecular weight excluding hydrogens is 340 g/mol. The van der Waals surface area contributed by atoms with Crippen molar-refractivity contribution in [3.63, 3.8) is 0 Å². The second kappa shape index (κ2) is 7.68. The molecule has 5 heteroatoms. The minimum Gasteiger partial charge on any atom is -0.457 e. The molecule has 5 nitrogen and oxygen atoms in total. The maximum Gasteiger partial charge on any atom is 0.414 e. The number of amides is 1. The Balaban J connectivity index is 1.62. The van der Waals surface area contributed by atoms with E-state index in [1.807, 2.05) is 42.5 Å². The average molecular weight is 362 g/mol. The third-order valence-corrected chi connectivity index (χ3v) is 4.62. The van der Waals surface area contributed by atoms with Crippen LogP contribution in [0.25, 0.3) is 10.8 Å². The van der Waals surface area contributed by atoms with Crippen LogP contribution in [0.5, 0.6) is 11.5 Å². The minimum absolute atomic E-state index is 0.295. The number of rotatable bonds is 6. The van der Waals surface area contributed by atoms with Crippen molar-refractivity contribution in [3.8, 4) is 11.5 Å². The van der Waals surface area contributed by atoms with Gasteiger partial charge in [0.15, 0.2) is 0 Å². The molecule has 0 saturated carbocycles. The van der Waals surface area contributed by atoms with Crippen molar-refractivity contribution >= 4 is 22.6 Å². The van der Waals surface area contributed by atoms with Gasteiger partial charge in [0.1, 0.15) is 18.1 Å². The van der Waals surface area contributed by atoms with Gasteiger partial charge >= 0.3 is 6.09 Å². The molecule has 1 fully saturated rings. The predicted molar refractivity (Wildman–Crippen MR) is 107 cm³/mol. The largest absolute Gasteiger partial charge is 0.457 e. The maximum atomic E-state index is 12.0. The second-order valence-corrected chi connectivity index (χ2v) is 6.45. The topological polar surface area (TPSA) is 50.8 Å². The number of carbonyl (C=O) groups excluding carboxylic acids is 1. The summed E-state index contributed by atoms with van der Waals surface area (Å²) in [7, 11) is 0. The molecule has 0 bridgehead atoms. The molecular formula is C22H22N2O3. The smallest absolute Gasteiger partial charge is 0.414 e. The molecule has 1 heterocycles. The fraction of sp³-hybridized carbons (Fsp3) is 0.227. The van der Waals surface area contributed by atoms with Gasteiger partial charge < -0.3 is 14.8 Å². The highest BCUT2D eigenvalue weighted by Crippen LogP contribution is 2.31. The van der Waals surface area contributed by atoms with Crippen molar-refractivity contribution in [3.05, 3.63) is 66.2 Å². The van der Waals surface area contributed by atoms with Crippen LogP contribution in [0.3, 0.4) is 0 Å². The van der Waals surface area contributed by atoms with E-state index >= 15 is 0 Å². The van der Waals surface area contributed by atoms with Crippen LogP contribution >= 0.6 is 0 Å². The number of ether oxygens (including phenoxy) is 2. The van der Waals surface area contributed by atoms with Crippen molar-refractivity contribution in [2.24, 2.45) is 0 Å². The molecule has 0 spiro atoms. The van der Waals surface area contributed by atoms with Gasteiger partial charge in [0.05, 0.1) is 12.2 Å². The molecule has 1 amide bonds. The predicted octanol–water partition coefficient (Wildman–Crippen LogP) is 4.70. The van der Waals surface area contributed by atoms with Crippen LogP contribution < -0.4 is 15.0 Å². The monoisotopic (exact) mass is 362 g/mol. The highest BCUT2D eigenvalue weighted by atomic mass is 16.6. The number of nitrogens with zero attached hydrogens (tertiary/aromatic N) is 1. The van der Waals surface area contributed by atoms with Crippen LogP contribution in [0.1, 0.15) is 12.5 Å². The molecule has 0 radical (unpaired) electrons. The summed E-state index contributed by atoms with van der Waals surface area (Å²) in [6.07, 6.45) is -0.295. The van der Waals surface area contributed by atoms with E-state index < -0.39 is 0 Å². The maximum absolute atomic E-state index is 12.0. The average Bonchev–Trinajstić information content (AvgIpc) is 3.12. The van der Waals surface area contributed by atoms with Crippen LogP contribution in [0.2, 0.25) is 0 Å². The van der Waals surface area contributed by atoms with Crippen molar-refractivity contribution in [2.45, 2.75) is 13.5 Å². The van der Waals surface area contributed by atoms with E-state index in [0.717, 1.165) is 34.7 Å². The van der Waals surface area contributed by atoms with Gasteiger partial charge in [0, 0.05) is 6.54 Å². The Hall–Kier alpha value is -3.05. The highest BCUT2D eigenvalue weighted by molar-refractivity contribution is 5.90. The van der Waals surface area contributed by atoms with Gasteiger partial charge in [-0.15, -0.1) is 0 Å². The first-order valence-corrected chi connectivity index (χ1v) is 9.19. The molecule has 0 unspecified atom stereocenters. The Labute approximate surface area is 158 Å². The highest BCUT2D eigenvalue weighted by Gasteiger charge is 2.25. The molecule has 4 rings (SSSR count). The van der Waals surface area contributed by atoms with Crippen molar-refractivity contribution in [1.82, 2.24) is 5.32 Å². The fourth-order valence-electron chi connectivity index (χ4n) is 3.27. The first-order chi connectivity index (χ1) is 13.2. The van der Waals surface area contributed by atoms with Gasteiger partial charge in [-0.3, -0.25) is 4.90 Å². The molecule has 1 saturated heterocycles. The Morgan fingerprint density at radius 3 is 2.59 bits per heavy atom. The van der Waals surface area contributed by atoms with Gasteiger partial charge in [-0.25, -0.2) is 4.79 Å². The quantitative estimate of drug-likeness (QED) is 0.691. The van der Waals surface area contributed by atoms with E-state index in [4.69, 9.17) is 9.47 Å². The zero-order valence-corrected chi connectivity index (χ0v) is 15.3. The third kappa shape index (κ3) is 3.73. The number of hydrogen-bond donors (Lipinski definition) is 1. The molecule has 3 aromatic carbocycles. The molecule has 0 aromatic heterocycles. The lowest BCUT2D eigenvalue weighted by atomic mass is 10.1. The number of benzene rings is 3. The number of cyclic esters (lactones) is 1. The lowest BCUT2D eigenvalue weighted by Crippen LogP contribution is -2.25. The fourth-order valence-corrected chi connectivity index (χ4v) is 3.27.